The van der Waals surface area contributed by atoms with Gasteiger partial charge in [-0.25, -0.2) is 4.90 Å². The summed E-state index contributed by atoms with van der Waals surface area (Å²) >= 11 is 7.87. The van der Waals surface area contributed by atoms with E-state index in [0.29, 0.717) is 28.7 Å². The second-order valence-corrected chi connectivity index (χ2v) is 15.2. The number of hydrogen-bond acceptors (Lipinski definition) is 8. The summed E-state index contributed by atoms with van der Waals surface area (Å²) in [6.07, 6.45) is 2.72. The molecule has 2 saturated heterocycles. The molecule has 252 valence electrons. The van der Waals surface area contributed by atoms with E-state index in [1.165, 1.54) is 16.8 Å². The fourth-order valence-corrected chi connectivity index (χ4v) is 10.2. The Morgan fingerprint density at radius 1 is 1.02 bits per heavy atom. The standard InChI is InChI=1S/C37H35ClN4O6S/c1-18-24-15-20(38)7-12-28(24)49-32(18)27-17-29(41(4)39-27)42-34(45)26-16-25-22(10-11-23-30(25)35(46)40(3)33(23)44)31(37(26,2)36(42)47)19-5-8-21(9-6-19)48-14-13-43/h5-10,12,15,17,23,25-26,30-31,43H,11,13-14,16H2,1-4H3. The zero-order valence-corrected chi connectivity index (χ0v) is 29.0. The van der Waals surface area contributed by atoms with Crippen LogP contribution >= 0.6 is 22.9 Å². The highest BCUT2D eigenvalue weighted by Gasteiger charge is 2.67. The number of nitrogens with zero attached hydrogens (tertiary/aromatic N) is 4. The van der Waals surface area contributed by atoms with Crippen molar-refractivity contribution in [1.29, 1.82) is 0 Å². The highest BCUT2D eigenvalue weighted by molar-refractivity contribution is 7.22. The summed E-state index contributed by atoms with van der Waals surface area (Å²) < 4.78 is 8.26. The number of likely N-dealkylation sites (tertiary alicyclic amines) is 1. The van der Waals surface area contributed by atoms with Crippen LogP contribution in [0.2, 0.25) is 5.02 Å². The van der Waals surface area contributed by atoms with Crippen LogP contribution in [0.4, 0.5) is 5.82 Å². The largest absolute Gasteiger partial charge is 0.491 e. The van der Waals surface area contributed by atoms with Gasteiger partial charge in [0.05, 0.1) is 34.7 Å². The molecule has 4 aliphatic rings. The number of carbonyl (C=O) groups excluding carboxylic acids is 4. The van der Waals surface area contributed by atoms with E-state index in [1.54, 1.807) is 41.3 Å². The van der Waals surface area contributed by atoms with Crippen molar-refractivity contribution in [2.75, 3.05) is 25.2 Å². The minimum Gasteiger partial charge on any atom is -0.491 e. The topological polar surface area (TPSA) is 122 Å². The predicted molar refractivity (Wildman–Crippen MR) is 185 cm³/mol. The molecule has 6 atom stereocenters. The maximum Gasteiger partial charge on any atom is 0.242 e. The second-order valence-electron chi connectivity index (χ2n) is 13.7. The highest BCUT2D eigenvalue weighted by Crippen LogP contribution is 2.63. The number of fused-ring (bicyclic) bond motifs is 5. The fourth-order valence-electron chi connectivity index (χ4n) is 8.91. The molecular formula is C37H35ClN4O6S. The molecule has 6 unspecified atom stereocenters. The fraction of sp³-hybridized carbons (Fsp3) is 0.378. The number of benzene rings is 2. The zero-order valence-electron chi connectivity index (χ0n) is 27.5. The number of allylic oxidation sites excluding steroid dienone is 2. The number of aliphatic hydroxyl groups is 1. The number of amides is 4. The maximum absolute atomic E-state index is 14.9. The van der Waals surface area contributed by atoms with E-state index in [1.807, 2.05) is 50.3 Å². The molecule has 49 heavy (non-hydrogen) atoms. The number of carbonyl (C=O) groups is 4. The number of ether oxygens (including phenoxy) is 1. The Morgan fingerprint density at radius 2 is 1.78 bits per heavy atom. The lowest BCUT2D eigenvalue weighted by molar-refractivity contribution is -0.138. The first-order chi connectivity index (χ1) is 23.4. The molecule has 1 N–H and O–H groups in total. The third-order valence-electron chi connectivity index (χ3n) is 11.3. The summed E-state index contributed by atoms with van der Waals surface area (Å²) in [5.74, 6) is -2.84. The molecule has 2 aromatic heterocycles. The van der Waals surface area contributed by atoms with Gasteiger partial charge in [-0.2, -0.15) is 5.10 Å². The van der Waals surface area contributed by atoms with Gasteiger partial charge >= 0.3 is 0 Å². The first-order valence-electron chi connectivity index (χ1n) is 16.4. The Labute approximate surface area is 291 Å². The highest BCUT2D eigenvalue weighted by atomic mass is 35.5. The summed E-state index contributed by atoms with van der Waals surface area (Å²) in [4.78, 5) is 59.7. The molecule has 4 amide bonds. The summed E-state index contributed by atoms with van der Waals surface area (Å²) in [6, 6.07) is 14.9. The molecule has 0 radical (unpaired) electrons. The van der Waals surface area contributed by atoms with Gasteiger partial charge in [-0.1, -0.05) is 35.4 Å². The van der Waals surface area contributed by atoms with Crippen molar-refractivity contribution in [3.63, 3.8) is 0 Å². The number of aromatic nitrogens is 2. The Kier molecular flexibility index (Phi) is 7.40. The lowest BCUT2D eigenvalue weighted by Gasteiger charge is -2.49. The predicted octanol–water partition coefficient (Wildman–Crippen LogP) is 5.50. The van der Waals surface area contributed by atoms with Gasteiger partial charge in [0.1, 0.15) is 23.9 Å². The van der Waals surface area contributed by atoms with E-state index in [-0.39, 0.29) is 49.2 Å². The molecule has 4 aromatic rings. The summed E-state index contributed by atoms with van der Waals surface area (Å²) in [6.45, 7) is 3.90. The second kappa shape index (κ2) is 11.4. The number of aliphatic hydroxyl groups excluding tert-OH is 1. The average Bonchev–Trinajstić information content (AvgIpc) is 3.75. The molecule has 8 rings (SSSR count). The molecule has 2 aliphatic carbocycles. The molecular weight excluding hydrogens is 664 g/mol. The molecule has 0 bridgehead atoms. The van der Waals surface area contributed by atoms with E-state index < -0.39 is 29.1 Å². The van der Waals surface area contributed by atoms with E-state index in [4.69, 9.17) is 21.4 Å². The van der Waals surface area contributed by atoms with Crippen LogP contribution in [0.5, 0.6) is 5.75 Å². The van der Waals surface area contributed by atoms with E-state index in [0.717, 1.165) is 31.7 Å². The van der Waals surface area contributed by atoms with Gasteiger partial charge in [-0.3, -0.25) is 28.8 Å². The Bertz CT molecular complexity index is 2120. The van der Waals surface area contributed by atoms with Crippen LogP contribution in [0.15, 0.2) is 60.2 Å². The van der Waals surface area contributed by atoms with Crippen LogP contribution < -0.4 is 9.64 Å². The Hall–Kier alpha value is -4.32. The van der Waals surface area contributed by atoms with Gasteiger partial charge in [0.25, 0.3) is 0 Å². The average molecular weight is 699 g/mol. The number of thiophene rings is 1. The number of hydrogen-bond donors (Lipinski definition) is 1. The number of rotatable bonds is 6. The van der Waals surface area contributed by atoms with Gasteiger partial charge in [0.2, 0.25) is 23.6 Å². The van der Waals surface area contributed by atoms with E-state index in [2.05, 4.69) is 0 Å². The third kappa shape index (κ3) is 4.51. The molecule has 2 aromatic carbocycles. The SMILES string of the molecule is Cc1c(-c2cc(N3C(=O)C4CC5C(=CCC6C(=O)N(C)C(=O)C65)C(c5ccc(OCCO)cc5)C4(C)C3=O)n(C)n2)sc2ccc(Cl)cc12. The Morgan fingerprint density at radius 3 is 2.51 bits per heavy atom. The first-order valence-corrected chi connectivity index (χ1v) is 17.6. The van der Waals surface area contributed by atoms with Crippen molar-refractivity contribution >= 4 is 62.5 Å². The third-order valence-corrected chi connectivity index (χ3v) is 12.8. The van der Waals surface area contributed by atoms with Gasteiger partial charge in [-0.15, -0.1) is 11.3 Å². The monoisotopic (exact) mass is 698 g/mol. The molecule has 3 fully saturated rings. The molecule has 0 spiro atoms. The molecule has 1 saturated carbocycles. The Balaban J connectivity index is 1.23. The van der Waals surface area contributed by atoms with Crippen LogP contribution in [0.25, 0.3) is 20.7 Å². The van der Waals surface area contributed by atoms with Crippen LogP contribution in [-0.2, 0) is 26.2 Å². The number of anilines is 1. The molecule has 10 nitrogen and oxygen atoms in total. The minimum atomic E-state index is -1.17. The summed E-state index contributed by atoms with van der Waals surface area (Å²) in [5, 5.41) is 15.7. The smallest absolute Gasteiger partial charge is 0.242 e. The number of halogens is 1. The van der Waals surface area contributed by atoms with Crippen molar-refractivity contribution in [1.82, 2.24) is 14.7 Å². The summed E-state index contributed by atoms with van der Waals surface area (Å²) in [7, 11) is 3.26. The van der Waals surface area contributed by atoms with Gasteiger partial charge in [-0.05, 0) is 79.5 Å². The maximum atomic E-state index is 14.9. The normalized spacial score (nSPS) is 27.9. The summed E-state index contributed by atoms with van der Waals surface area (Å²) in [5.41, 5.74) is 2.24. The lowest BCUT2D eigenvalue weighted by Crippen LogP contribution is -2.48. The van der Waals surface area contributed by atoms with Crippen molar-refractivity contribution in [3.05, 3.63) is 76.3 Å². The van der Waals surface area contributed by atoms with Crippen molar-refractivity contribution in [3.8, 4) is 16.3 Å². The van der Waals surface area contributed by atoms with Crippen molar-refractivity contribution in [2.24, 2.45) is 36.1 Å². The quantitative estimate of drug-likeness (QED) is 0.209. The number of aryl methyl sites for hydroxylation is 2. The van der Waals surface area contributed by atoms with Gasteiger partial charge < -0.3 is 9.84 Å². The van der Waals surface area contributed by atoms with Crippen LogP contribution in [0.3, 0.4) is 0 Å². The van der Waals surface area contributed by atoms with E-state index in [9.17, 15) is 24.3 Å². The van der Waals surface area contributed by atoms with Crippen molar-refractivity contribution < 1.29 is 29.0 Å². The number of imide groups is 2. The lowest BCUT2D eigenvalue weighted by atomic mass is 9.51. The van der Waals surface area contributed by atoms with Crippen molar-refractivity contribution in [2.45, 2.75) is 32.6 Å². The minimum absolute atomic E-state index is 0.124. The zero-order chi connectivity index (χ0) is 34.5. The molecule has 4 heterocycles. The van der Waals surface area contributed by atoms with Crippen LogP contribution in [0, 0.1) is 36.0 Å². The first kappa shape index (κ1) is 31.9. The van der Waals surface area contributed by atoms with Gasteiger partial charge in [0.15, 0.2) is 0 Å². The van der Waals surface area contributed by atoms with Gasteiger partial charge in [0, 0.05) is 35.8 Å². The molecule has 12 heteroatoms. The van der Waals surface area contributed by atoms with Crippen LogP contribution in [0.1, 0.15) is 36.8 Å². The molecule has 2 aliphatic heterocycles. The van der Waals surface area contributed by atoms with E-state index >= 15 is 0 Å². The van der Waals surface area contributed by atoms with Crippen LogP contribution in [-0.4, -0.2) is 63.7 Å².